The molecule has 0 aromatic heterocycles. The van der Waals surface area contributed by atoms with Crippen LogP contribution in [0.1, 0.15) is 44.6 Å². The molecule has 0 bridgehead atoms. The van der Waals surface area contributed by atoms with Crippen LogP contribution in [0.2, 0.25) is 0 Å². The number of hydrogen-bond donors (Lipinski definition) is 1. The van der Waals surface area contributed by atoms with Crippen LogP contribution in [0.3, 0.4) is 0 Å². The zero-order valence-electron chi connectivity index (χ0n) is 13.3. The van der Waals surface area contributed by atoms with Crippen molar-refractivity contribution in [3.8, 4) is 0 Å². The Labute approximate surface area is 128 Å². The lowest BCUT2D eigenvalue weighted by Crippen LogP contribution is -2.38. The third-order valence-electron chi connectivity index (χ3n) is 4.76. The van der Waals surface area contributed by atoms with E-state index in [1.54, 1.807) is 0 Å². The third kappa shape index (κ3) is 4.07. The fourth-order valence-electron chi connectivity index (χ4n) is 3.29. The fourth-order valence-corrected chi connectivity index (χ4v) is 3.29. The Bertz CT molecular complexity index is 444. The summed E-state index contributed by atoms with van der Waals surface area (Å²) in [5.41, 5.74) is 6.92. The predicted molar refractivity (Wildman–Crippen MR) is 87.0 cm³/mol. The van der Waals surface area contributed by atoms with Crippen LogP contribution in [-0.4, -0.2) is 30.4 Å². The molecular weight excluding hydrogens is 260 g/mol. The van der Waals surface area contributed by atoms with E-state index in [0.717, 1.165) is 37.4 Å². The average Bonchev–Trinajstić information content (AvgIpc) is 2.75. The van der Waals surface area contributed by atoms with E-state index >= 15 is 0 Å². The number of carbonyl (C=O) groups is 1. The molecule has 21 heavy (non-hydrogen) atoms. The van der Waals surface area contributed by atoms with Gasteiger partial charge in [-0.3, -0.25) is 4.79 Å². The number of likely N-dealkylation sites (tertiary alicyclic amines) is 1. The number of rotatable bonds is 4. The zero-order chi connectivity index (χ0) is 15.2. The van der Waals surface area contributed by atoms with Gasteiger partial charge >= 0.3 is 0 Å². The van der Waals surface area contributed by atoms with Crippen LogP contribution in [0.5, 0.6) is 0 Å². The van der Waals surface area contributed by atoms with Crippen molar-refractivity contribution in [2.45, 2.75) is 39.0 Å². The highest BCUT2D eigenvalue weighted by Gasteiger charge is 2.27. The average molecular weight is 288 g/mol. The van der Waals surface area contributed by atoms with Gasteiger partial charge in [0.05, 0.1) is 5.92 Å². The smallest absolute Gasteiger partial charge is 0.231 e. The highest BCUT2D eigenvalue weighted by Crippen LogP contribution is 2.26. The third-order valence-corrected chi connectivity index (χ3v) is 4.76. The lowest BCUT2D eigenvalue weighted by atomic mass is 9.89. The SMILES string of the molecule is CC(C)C1CCCN(C(=O)C(CN)c2ccccc2)CC1. The topological polar surface area (TPSA) is 46.3 Å². The number of amides is 1. The summed E-state index contributed by atoms with van der Waals surface area (Å²) < 4.78 is 0. The molecule has 116 valence electrons. The molecule has 3 heteroatoms. The van der Waals surface area contributed by atoms with E-state index in [1.165, 1.54) is 6.42 Å². The van der Waals surface area contributed by atoms with Crippen molar-refractivity contribution in [3.63, 3.8) is 0 Å². The van der Waals surface area contributed by atoms with E-state index in [1.807, 2.05) is 35.2 Å². The molecule has 1 aliphatic heterocycles. The minimum Gasteiger partial charge on any atom is -0.342 e. The first-order valence-corrected chi connectivity index (χ1v) is 8.17. The van der Waals surface area contributed by atoms with Crippen LogP contribution in [-0.2, 0) is 4.79 Å². The van der Waals surface area contributed by atoms with Crippen LogP contribution in [0.4, 0.5) is 0 Å². The van der Waals surface area contributed by atoms with E-state index in [-0.39, 0.29) is 11.8 Å². The molecule has 0 radical (unpaired) electrons. The van der Waals surface area contributed by atoms with Gasteiger partial charge in [-0.25, -0.2) is 0 Å². The molecule has 2 unspecified atom stereocenters. The van der Waals surface area contributed by atoms with E-state index in [2.05, 4.69) is 13.8 Å². The molecule has 1 aromatic carbocycles. The van der Waals surface area contributed by atoms with Crippen molar-refractivity contribution in [3.05, 3.63) is 35.9 Å². The fraction of sp³-hybridized carbons (Fsp3) is 0.611. The van der Waals surface area contributed by atoms with Crippen molar-refractivity contribution >= 4 is 5.91 Å². The molecule has 0 aliphatic carbocycles. The lowest BCUT2D eigenvalue weighted by Gasteiger charge is -2.26. The Morgan fingerprint density at radius 2 is 1.95 bits per heavy atom. The van der Waals surface area contributed by atoms with Crippen molar-refractivity contribution in [1.29, 1.82) is 0 Å². The molecule has 1 heterocycles. The number of hydrogen-bond acceptors (Lipinski definition) is 2. The molecule has 2 atom stereocenters. The number of carbonyl (C=O) groups excluding carboxylic acids is 1. The van der Waals surface area contributed by atoms with Crippen LogP contribution in [0.25, 0.3) is 0 Å². The predicted octanol–water partition coefficient (Wildman–Crippen LogP) is 3.01. The van der Waals surface area contributed by atoms with E-state index < -0.39 is 0 Å². The molecule has 2 N–H and O–H groups in total. The number of nitrogens with zero attached hydrogens (tertiary/aromatic N) is 1. The van der Waals surface area contributed by atoms with Gasteiger partial charge in [-0.1, -0.05) is 44.2 Å². The molecular formula is C18H28N2O. The normalized spacial score (nSPS) is 21.1. The summed E-state index contributed by atoms with van der Waals surface area (Å²) in [6, 6.07) is 9.93. The van der Waals surface area contributed by atoms with Gasteiger partial charge in [0, 0.05) is 19.6 Å². The maximum absolute atomic E-state index is 12.8. The summed E-state index contributed by atoms with van der Waals surface area (Å²) in [5.74, 6) is 1.46. The number of nitrogens with two attached hydrogens (primary N) is 1. The van der Waals surface area contributed by atoms with Crippen LogP contribution >= 0.6 is 0 Å². The first-order chi connectivity index (χ1) is 10.1. The summed E-state index contributed by atoms with van der Waals surface area (Å²) in [6.07, 6.45) is 3.47. The highest BCUT2D eigenvalue weighted by molar-refractivity contribution is 5.84. The zero-order valence-corrected chi connectivity index (χ0v) is 13.3. The van der Waals surface area contributed by atoms with Crippen molar-refractivity contribution < 1.29 is 4.79 Å². The minimum atomic E-state index is -0.193. The van der Waals surface area contributed by atoms with Gasteiger partial charge in [-0.05, 0) is 36.7 Å². The Morgan fingerprint density at radius 1 is 1.24 bits per heavy atom. The summed E-state index contributed by atoms with van der Waals surface area (Å²) >= 11 is 0. The summed E-state index contributed by atoms with van der Waals surface area (Å²) in [6.45, 7) is 6.72. The molecule has 1 fully saturated rings. The van der Waals surface area contributed by atoms with Gasteiger partial charge in [0.1, 0.15) is 0 Å². The van der Waals surface area contributed by atoms with E-state index in [9.17, 15) is 4.79 Å². The molecule has 1 saturated heterocycles. The van der Waals surface area contributed by atoms with Gasteiger partial charge < -0.3 is 10.6 Å². The van der Waals surface area contributed by atoms with Gasteiger partial charge in [0.15, 0.2) is 0 Å². The second-order valence-corrected chi connectivity index (χ2v) is 6.46. The van der Waals surface area contributed by atoms with Crippen molar-refractivity contribution in [2.75, 3.05) is 19.6 Å². The maximum atomic E-state index is 12.8. The minimum absolute atomic E-state index is 0.193. The molecule has 2 rings (SSSR count). The lowest BCUT2D eigenvalue weighted by molar-refractivity contribution is -0.132. The second kappa shape index (κ2) is 7.60. The Kier molecular flexibility index (Phi) is 5.80. The van der Waals surface area contributed by atoms with Crippen molar-refractivity contribution in [2.24, 2.45) is 17.6 Å². The molecule has 1 amide bonds. The highest BCUT2D eigenvalue weighted by atomic mass is 16.2. The Hall–Kier alpha value is -1.35. The van der Waals surface area contributed by atoms with Gasteiger partial charge in [-0.2, -0.15) is 0 Å². The van der Waals surface area contributed by atoms with E-state index in [0.29, 0.717) is 12.5 Å². The van der Waals surface area contributed by atoms with Crippen LogP contribution in [0.15, 0.2) is 30.3 Å². The van der Waals surface area contributed by atoms with E-state index in [4.69, 9.17) is 5.73 Å². The first-order valence-electron chi connectivity index (χ1n) is 8.17. The monoisotopic (exact) mass is 288 g/mol. The standard InChI is InChI=1S/C18H28N2O/c1-14(2)15-9-6-11-20(12-10-15)18(21)17(13-19)16-7-4-3-5-8-16/h3-5,7-8,14-15,17H,6,9-13,19H2,1-2H3. The van der Waals surface area contributed by atoms with Gasteiger partial charge in [-0.15, -0.1) is 0 Å². The second-order valence-electron chi connectivity index (χ2n) is 6.46. The van der Waals surface area contributed by atoms with Gasteiger partial charge in [0.25, 0.3) is 0 Å². The molecule has 1 aromatic rings. The quantitative estimate of drug-likeness (QED) is 0.925. The van der Waals surface area contributed by atoms with Crippen LogP contribution in [0, 0.1) is 11.8 Å². The summed E-state index contributed by atoms with van der Waals surface area (Å²) in [5, 5.41) is 0. The molecule has 0 spiro atoms. The first kappa shape index (κ1) is 16.0. The largest absolute Gasteiger partial charge is 0.342 e. The molecule has 3 nitrogen and oxygen atoms in total. The summed E-state index contributed by atoms with van der Waals surface area (Å²) in [4.78, 5) is 14.8. The van der Waals surface area contributed by atoms with Crippen molar-refractivity contribution in [1.82, 2.24) is 4.90 Å². The summed E-state index contributed by atoms with van der Waals surface area (Å²) in [7, 11) is 0. The number of benzene rings is 1. The van der Waals surface area contributed by atoms with Gasteiger partial charge in [0.2, 0.25) is 5.91 Å². The maximum Gasteiger partial charge on any atom is 0.231 e. The molecule has 0 saturated carbocycles. The Morgan fingerprint density at radius 3 is 2.57 bits per heavy atom. The van der Waals surface area contributed by atoms with Crippen LogP contribution < -0.4 is 5.73 Å². The Balaban J connectivity index is 2.04. The molecule has 1 aliphatic rings.